The number of rotatable bonds is 7. The Morgan fingerprint density at radius 1 is 0.971 bits per heavy atom. The predicted octanol–water partition coefficient (Wildman–Crippen LogP) is 4.92. The predicted molar refractivity (Wildman–Crippen MR) is 141 cm³/mol. The molecule has 0 bridgehead atoms. The van der Waals surface area contributed by atoms with Gasteiger partial charge in [-0.15, -0.1) is 0 Å². The first-order valence-electron chi connectivity index (χ1n) is 11.4. The summed E-state index contributed by atoms with van der Waals surface area (Å²) >= 11 is 6.33. The number of carbonyl (C=O) groups excluding carboxylic acids is 1. The largest absolute Gasteiger partial charge is 0.336 e. The molecule has 182 valence electrons. The molecule has 1 fully saturated rings. The average Bonchev–Trinajstić information content (AvgIpc) is 2.86. The van der Waals surface area contributed by atoms with E-state index in [4.69, 9.17) is 11.6 Å². The maximum absolute atomic E-state index is 13.2. The highest BCUT2D eigenvalue weighted by Gasteiger charge is 2.24. The number of piperazine rings is 1. The minimum Gasteiger partial charge on any atom is -0.336 e. The summed E-state index contributed by atoms with van der Waals surface area (Å²) in [5, 5.41) is 0.293. The Labute approximate surface area is 211 Å². The molecule has 0 aromatic heterocycles. The number of amides is 1. The summed E-state index contributed by atoms with van der Waals surface area (Å²) in [4.78, 5) is 17.4. The number of nitrogens with zero attached hydrogens (tertiary/aromatic N) is 2. The molecule has 1 aliphatic rings. The summed E-state index contributed by atoms with van der Waals surface area (Å²) in [6.07, 6.45) is 4.23. The van der Waals surface area contributed by atoms with Crippen molar-refractivity contribution in [3.63, 3.8) is 0 Å². The molecule has 0 unspecified atom stereocenters. The van der Waals surface area contributed by atoms with E-state index in [0.717, 1.165) is 30.8 Å². The molecule has 1 heterocycles. The van der Waals surface area contributed by atoms with E-state index >= 15 is 0 Å². The van der Waals surface area contributed by atoms with Crippen LogP contribution in [0.3, 0.4) is 0 Å². The Bertz CT molecular complexity index is 1300. The van der Waals surface area contributed by atoms with Gasteiger partial charge in [0.05, 0.1) is 15.5 Å². The number of halogens is 1. The van der Waals surface area contributed by atoms with Gasteiger partial charge < -0.3 is 4.90 Å². The molecule has 0 atom stereocenters. The number of benzene rings is 3. The second-order valence-corrected chi connectivity index (χ2v) is 10.6. The van der Waals surface area contributed by atoms with Crippen LogP contribution in [-0.4, -0.2) is 56.8 Å². The topological polar surface area (TPSA) is 69.7 Å². The van der Waals surface area contributed by atoms with Gasteiger partial charge in [-0.1, -0.05) is 71.8 Å². The van der Waals surface area contributed by atoms with Gasteiger partial charge in [0.15, 0.2) is 0 Å². The summed E-state index contributed by atoms with van der Waals surface area (Å²) < 4.78 is 28.0. The molecule has 1 amide bonds. The van der Waals surface area contributed by atoms with E-state index in [1.54, 1.807) is 41.3 Å². The Morgan fingerprint density at radius 2 is 1.66 bits per heavy atom. The lowest BCUT2D eigenvalue weighted by Crippen LogP contribution is -2.48. The SMILES string of the molecule is Cc1ccc(S(=O)(=O)Nc2ccc(Cl)c(C(=O)N3CCN(C/C=C/c4ccccc4)CC3)c2)cc1. The van der Waals surface area contributed by atoms with Gasteiger partial charge in [0.1, 0.15) is 0 Å². The van der Waals surface area contributed by atoms with Gasteiger partial charge in [-0.05, 0) is 42.8 Å². The van der Waals surface area contributed by atoms with Gasteiger partial charge in [-0.2, -0.15) is 0 Å². The zero-order valence-electron chi connectivity index (χ0n) is 19.5. The summed E-state index contributed by atoms with van der Waals surface area (Å²) in [5.74, 6) is -0.203. The second-order valence-electron chi connectivity index (χ2n) is 8.52. The van der Waals surface area contributed by atoms with Crippen molar-refractivity contribution in [2.75, 3.05) is 37.4 Å². The van der Waals surface area contributed by atoms with Gasteiger partial charge in [-0.3, -0.25) is 14.4 Å². The molecule has 0 aliphatic carbocycles. The quantitative estimate of drug-likeness (QED) is 0.491. The van der Waals surface area contributed by atoms with E-state index in [1.165, 1.54) is 6.07 Å². The fraction of sp³-hybridized carbons (Fsp3) is 0.222. The highest BCUT2D eigenvalue weighted by atomic mass is 35.5. The molecule has 1 aliphatic heterocycles. The van der Waals surface area contributed by atoms with Crippen LogP contribution in [0.5, 0.6) is 0 Å². The maximum Gasteiger partial charge on any atom is 0.261 e. The first kappa shape index (κ1) is 25.0. The van der Waals surface area contributed by atoms with Crippen LogP contribution in [0.15, 0.2) is 83.8 Å². The number of hydrogen-bond donors (Lipinski definition) is 1. The number of aryl methyl sites for hydroxylation is 1. The highest BCUT2D eigenvalue weighted by Crippen LogP contribution is 2.25. The van der Waals surface area contributed by atoms with Crippen LogP contribution in [0.4, 0.5) is 5.69 Å². The molecule has 6 nitrogen and oxygen atoms in total. The molecular formula is C27H28ClN3O3S. The Balaban J connectivity index is 1.38. The molecular weight excluding hydrogens is 482 g/mol. The lowest BCUT2D eigenvalue weighted by molar-refractivity contribution is 0.0650. The molecule has 0 radical (unpaired) electrons. The summed E-state index contributed by atoms with van der Waals surface area (Å²) in [5.41, 5.74) is 2.71. The first-order chi connectivity index (χ1) is 16.8. The van der Waals surface area contributed by atoms with Gasteiger partial charge in [0.2, 0.25) is 0 Å². The normalized spacial score (nSPS) is 14.9. The van der Waals surface area contributed by atoms with E-state index in [2.05, 4.69) is 33.9 Å². The van der Waals surface area contributed by atoms with Crippen molar-refractivity contribution in [1.82, 2.24) is 9.80 Å². The van der Waals surface area contributed by atoms with Crippen LogP contribution >= 0.6 is 11.6 Å². The molecule has 1 N–H and O–H groups in total. The zero-order valence-corrected chi connectivity index (χ0v) is 21.1. The van der Waals surface area contributed by atoms with Crippen molar-refractivity contribution in [2.45, 2.75) is 11.8 Å². The van der Waals surface area contributed by atoms with Crippen molar-refractivity contribution in [2.24, 2.45) is 0 Å². The van der Waals surface area contributed by atoms with E-state index in [1.807, 2.05) is 25.1 Å². The van der Waals surface area contributed by atoms with E-state index in [9.17, 15) is 13.2 Å². The Kier molecular flexibility index (Phi) is 7.90. The molecule has 4 rings (SSSR count). The number of sulfonamides is 1. The Hall–Kier alpha value is -3.13. The van der Waals surface area contributed by atoms with E-state index in [0.29, 0.717) is 23.8 Å². The van der Waals surface area contributed by atoms with Crippen LogP contribution in [0.2, 0.25) is 5.02 Å². The summed E-state index contributed by atoms with van der Waals surface area (Å²) in [6, 6.07) is 21.3. The smallest absolute Gasteiger partial charge is 0.261 e. The number of carbonyl (C=O) groups is 1. The van der Waals surface area contributed by atoms with E-state index in [-0.39, 0.29) is 16.4 Å². The van der Waals surface area contributed by atoms with Crippen LogP contribution in [0.25, 0.3) is 6.08 Å². The van der Waals surface area contributed by atoms with Gasteiger partial charge in [-0.25, -0.2) is 8.42 Å². The standard InChI is InChI=1S/C27H28ClN3O3S/c1-21-9-12-24(13-10-21)35(33,34)29-23-11-14-26(28)25(20-23)27(32)31-18-16-30(17-19-31)15-5-8-22-6-3-2-4-7-22/h2-14,20,29H,15-19H2,1H3/b8-5+. The van der Waals surface area contributed by atoms with Crippen LogP contribution in [0, 0.1) is 6.92 Å². The highest BCUT2D eigenvalue weighted by molar-refractivity contribution is 7.92. The molecule has 3 aromatic rings. The molecule has 3 aromatic carbocycles. The van der Waals surface area contributed by atoms with Gasteiger partial charge in [0, 0.05) is 38.4 Å². The number of hydrogen-bond acceptors (Lipinski definition) is 4. The van der Waals surface area contributed by atoms with Crippen molar-refractivity contribution in [3.05, 3.63) is 101 Å². The third-order valence-electron chi connectivity index (χ3n) is 5.91. The first-order valence-corrected chi connectivity index (χ1v) is 13.3. The molecule has 8 heteroatoms. The van der Waals surface area contributed by atoms with Crippen LogP contribution in [0.1, 0.15) is 21.5 Å². The maximum atomic E-state index is 13.2. The summed E-state index contributed by atoms with van der Waals surface area (Å²) in [6.45, 7) is 5.36. The Morgan fingerprint density at radius 3 is 2.34 bits per heavy atom. The molecule has 0 saturated carbocycles. The van der Waals surface area contributed by atoms with Gasteiger partial charge >= 0.3 is 0 Å². The van der Waals surface area contributed by atoms with Gasteiger partial charge in [0.25, 0.3) is 15.9 Å². The van der Waals surface area contributed by atoms with Crippen molar-refractivity contribution >= 4 is 39.3 Å². The van der Waals surface area contributed by atoms with E-state index < -0.39 is 10.0 Å². The fourth-order valence-corrected chi connectivity index (χ4v) is 5.14. The average molecular weight is 510 g/mol. The van der Waals surface area contributed by atoms with Crippen molar-refractivity contribution < 1.29 is 13.2 Å². The molecule has 0 spiro atoms. The monoisotopic (exact) mass is 509 g/mol. The minimum absolute atomic E-state index is 0.156. The number of nitrogens with one attached hydrogen (secondary N) is 1. The van der Waals surface area contributed by atoms with Crippen molar-refractivity contribution in [1.29, 1.82) is 0 Å². The summed E-state index contributed by atoms with van der Waals surface area (Å²) in [7, 11) is -3.78. The minimum atomic E-state index is -3.78. The zero-order chi connectivity index (χ0) is 24.8. The van der Waals surface area contributed by atoms with Crippen molar-refractivity contribution in [3.8, 4) is 0 Å². The molecule has 1 saturated heterocycles. The third kappa shape index (κ3) is 6.51. The third-order valence-corrected chi connectivity index (χ3v) is 7.64. The lowest BCUT2D eigenvalue weighted by Gasteiger charge is -2.34. The van der Waals surface area contributed by atoms with Crippen LogP contribution < -0.4 is 4.72 Å². The second kappa shape index (κ2) is 11.1. The number of anilines is 1. The fourth-order valence-electron chi connectivity index (χ4n) is 3.89. The lowest BCUT2D eigenvalue weighted by atomic mass is 10.1. The van der Waals surface area contributed by atoms with Crippen LogP contribution in [-0.2, 0) is 10.0 Å². The molecule has 35 heavy (non-hydrogen) atoms.